The minimum atomic E-state index is -3.20. The fraction of sp³-hybridized carbons (Fsp3) is 0.318. The van der Waals surface area contributed by atoms with Crippen LogP contribution in [0.25, 0.3) is 27.9 Å². The van der Waals surface area contributed by atoms with Crippen LogP contribution in [-0.2, 0) is 10.0 Å². The molecule has 2 aromatic heterocycles. The Bertz CT molecular complexity index is 1370. The summed E-state index contributed by atoms with van der Waals surface area (Å²) in [5.74, 6) is 1.60. The van der Waals surface area contributed by atoms with Crippen LogP contribution in [0.2, 0.25) is 0 Å². The van der Waals surface area contributed by atoms with Crippen molar-refractivity contribution in [1.82, 2.24) is 23.9 Å². The molecule has 8 nitrogen and oxygen atoms in total. The summed E-state index contributed by atoms with van der Waals surface area (Å²) in [7, 11) is -3.20. The highest BCUT2D eigenvalue weighted by molar-refractivity contribution is 7.89. The number of para-hydroxylation sites is 1. The molecule has 2 aromatic carbocycles. The van der Waals surface area contributed by atoms with Gasteiger partial charge in [-0.3, -0.25) is 0 Å². The monoisotopic (exact) mass is 436 g/mol. The van der Waals surface area contributed by atoms with E-state index in [0.29, 0.717) is 26.2 Å². The molecule has 5 rings (SSSR count). The maximum Gasteiger partial charge on any atom is 0.213 e. The number of hydrogen-bond acceptors (Lipinski definition) is 6. The van der Waals surface area contributed by atoms with Gasteiger partial charge in [-0.05, 0) is 31.5 Å². The van der Waals surface area contributed by atoms with Crippen LogP contribution in [0.3, 0.4) is 0 Å². The smallest absolute Gasteiger partial charge is 0.213 e. The van der Waals surface area contributed by atoms with Gasteiger partial charge in [-0.2, -0.15) is 4.31 Å². The van der Waals surface area contributed by atoms with Crippen molar-refractivity contribution in [1.29, 1.82) is 0 Å². The molecule has 3 heterocycles. The molecular weight excluding hydrogens is 412 g/mol. The molecule has 9 heteroatoms. The molecule has 0 spiro atoms. The maximum absolute atomic E-state index is 12.3. The fourth-order valence-corrected chi connectivity index (χ4v) is 5.21. The maximum atomic E-state index is 12.3. The average Bonchev–Trinajstić information content (AvgIpc) is 3.24. The van der Waals surface area contributed by atoms with Gasteiger partial charge >= 0.3 is 0 Å². The molecule has 1 saturated heterocycles. The Labute approximate surface area is 181 Å². The van der Waals surface area contributed by atoms with E-state index in [0.717, 1.165) is 39.4 Å². The number of aromatic nitrogens is 4. The predicted octanol–water partition coefficient (Wildman–Crippen LogP) is 2.72. The molecule has 1 fully saturated rings. The molecule has 0 aliphatic carbocycles. The number of hydrogen-bond donors (Lipinski definition) is 0. The van der Waals surface area contributed by atoms with Crippen LogP contribution >= 0.6 is 0 Å². The van der Waals surface area contributed by atoms with E-state index in [-0.39, 0.29) is 5.75 Å². The van der Waals surface area contributed by atoms with E-state index in [1.165, 1.54) is 0 Å². The van der Waals surface area contributed by atoms with Gasteiger partial charge in [0.1, 0.15) is 0 Å². The third kappa shape index (κ3) is 3.34. The summed E-state index contributed by atoms with van der Waals surface area (Å²) in [6, 6.07) is 16.0. The summed E-state index contributed by atoms with van der Waals surface area (Å²) < 4.78 is 28.1. The van der Waals surface area contributed by atoms with E-state index >= 15 is 0 Å². The van der Waals surface area contributed by atoms with E-state index in [9.17, 15) is 8.42 Å². The van der Waals surface area contributed by atoms with Crippen LogP contribution in [0.15, 0.2) is 48.5 Å². The Balaban J connectivity index is 1.67. The second kappa shape index (κ2) is 7.58. The molecule has 0 atom stereocenters. The zero-order valence-electron chi connectivity index (χ0n) is 17.6. The van der Waals surface area contributed by atoms with E-state index in [1.807, 2.05) is 46.9 Å². The van der Waals surface area contributed by atoms with Crippen molar-refractivity contribution in [3.63, 3.8) is 0 Å². The highest BCUT2D eigenvalue weighted by Gasteiger charge is 2.28. The Kier molecular flexibility index (Phi) is 4.86. The summed E-state index contributed by atoms with van der Waals surface area (Å²) in [4.78, 5) is 7.09. The number of benzene rings is 2. The number of piperazine rings is 1. The van der Waals surface area contributed by atoms with Gasteiger partial charge in [0.25, 0.3) is 0 Å². The highest BCUT2D eigenvalue weighted by atomic mass is 32.2. The molecule has 4 aromatic rings. The number of nitrogens with zero attached hydrogens (tertiary/aromatic N) is 6. The Morgan fingerprint density at radius 2 is 1.65 bits per heavy atom. The highest BCUT2D eigenvalue weighted by Crippen LogP contribution is 2.30. The van der Waals surface area contributed by atoms with Crippen LogP contribution in [-0.4, -0.2) is 64.2 Å². The van der Waals surface area contributed by atoms with Gasteiger partial charge in [-0.25, -0.2) is 17.8 Å². The number of rotatable bonds is 4. The number of fused-ring (bicyclic) bond motifs is 3. The average molecular weight is 437 g/mol. The Hall–Kier alpha value is -3.04. The molecule has 160 valence electrons. The standard InChI is InChI=1S/C22H24N6O2S/c1-3-31(29,30)27-14-12-26(13-15-27)22-23-19-11-7-6-10-18(19)21-25-24-20(28(21)22)17-9-5-4-8-16(17)2/h4-11H,3,12-15H2,1-2H3. The van der Waals surface area contributed by atoms with Crippen LogP contribution in [0.5, 0.6) is 0 Å². The first-order chi connectivity index (χ1) is 15.0. The van der Waals surface area contributed by atoms with Crippen molar-refractivity contribution in [2.75, 3.05) is 36.8 Å². The van der Waals surface area contributed by atoms with E-state index < -0.39 is 10.0 Å². The molecule has 0 bridgehead atoms. The SMILES string of the molecule is CCS(=O)(=O)N1CCN(c2nc3ccccc3c3nnc(-c4ccccc4C)n23)CC1. The number of anilines is 1. The summed E-state index contributed by atoms with van der Waals surface area (Å²) >= 11 is 0. The van der Waals surface area contributed by atoms with Crippen molar-refractivity contribution in [3.05, 3.63) is 54.1 Å². The van der Waals surface area contributed by atoms with Gasteiger partial charge in [0.15, 0.2) is 11.5 Å². The lowest BCUT2D eigenvalue weighted by Crippen LogP contribution is -2.49. The minimum Gasteiger partial charge on any atom is -0.339 e. The van der Waals surface area contributed by atoms with Gasteiger partial charge in [0.2, 0.25) is 16.0 Å². The first-order valence-electron chi connectivity index (χ1n) is 10.4. The van der Waals surface area contributed by atoms with E-state index in [1.54, 1.807) is 11.2 Å². The van der Waals surface area contributed by atoms with Gasteiger partial charge in [-0.15, -0.1) is 10.2 Å². The molecule has 31 heavy (non-hydrogen) atoms. The summed E-state index contributed by atoms with van der Waals surface area (Å²) in [6.45, 7) is 5.73. The zero-order chi connectivity index (χ0) is 21.6. The molecule has 0 saturated carbocycles. The van der Waals surface area contributed by atoms with Crippen LogP contribution in [0.1, 0.15) is 12.5 Å². The third-order valence-electron chi connectivity index (χ3n) is 5.89. The molecule has 0 radical (unpaired) electrons. The summed E-state index contributed by atoms with van der Waals surface area (Å²) in [5, 5.41) is 10.0. The first-order valence-corrected chi connectivity index (χ1v) is 12.0. The molecule has 0 amide bonds. The second-order valence-electron chi connectivity index (χ2n) is 7.71. The predicted molar refractivity (Wildman–Crippen MR) is 122 cm³/mol. The van der Waals surface area contributed by atoms with Gasteiger partial charge < -0.3 is 4.90 Å². The van der Waals surface area contributed by atoms with Crippen LogP contribution in [0.4, 0.5) is 5.95 Å². The zero-order valence-corrected chi connectivity index (χ0v) is 18.4. The van der Waals surface area contributed by atoms with Crippen LogP contribution in [0, 0.1) is 6.92 Å². The Morgan fingerprint density at radius 1 is 0.935 bits per heavy atom. The summed E-state index contributed by atoms with van der Waals surface area (Å²) in [5.41, 5.74) is 3.70. The van der Waals surface area contributed by atoms with Crippen molar-refractivity contribution in [2.45, 2.75) is 13.8 Å². The minimum absolute atomic E-state index is 0.119. The lowest BCUT2D eigenvalue weighted by atomic mass is 10.1. The molecule has 0 N–H and O–H groups in total. The van der Waals surface area contributed by atoms with Crippen molar-refractivity contribution < 1.29 is 8.42 Å². The fourth-order valence-electron chi connectivity index (χ4n) is 4.13. The van der Waals surface area contributed by atoms with E-state index in [4.69, 9.17) is 4.98 Å². The van der Waals surface area contributed by atoms with Crippen molar-refractivity contribution >= 4 is 32.5 Å². The first kappa shape index (κ1) is 19.9. The lowest BCUT2D eigenvalue weighted by molar-refractivity contribution is 0.383. The van der Waals surface area contributed by atoms with Gasteiger partial charge in [0, 0.05) is 37.1 Å². The topological polar surface area (TPSA) is 83.7 Å². The van der Waals surface area contributed by atoms with Gasteiger partial charge in [-0.1, -0.05) is 36.4 Å². The van der Waals surface area contributed by atoms with Crippen LogP contribution < -0.4 is 4.90 Å². The van der Waals surface area contributed by atoms with Crippen molar-refractivity contribution in [3.8, 4) is 11.4 Å². The quantitative estimate of drug-likeness (QED) is 0.489. The molecule has 1 aliphatic heterocycles. The normalized spacial score (nSPS) is 15.7. The molecular formula is C22H24N6O2S. The second-order valence-corrected chi connectivity index (χ2v) is 9.97. The van der Waals surface area contributed by atoms with Gasteiger partial charge in [0.05, 0.1) is 11.3 Å². The van der Waals surface area contributed by atoms with Crippen molar-refractivity contribution in [2.24, 2.45) is 0 Å². The molecule has 0 unspecified atom stereocenters. The number of aryl methyl sites for hydroxylation is 1. The van der Waals surface area contributed by atoms with E-state index in [2.05, 4.69) is 28.1 Å². The summed E-state index contributed by atoms with van der Waals surface area (Å²) in [6.07, 6.45) is 0. The molecule has 1 aliphatic rings. The Morgan fingerprint density at radius 3 is 2.39 bits per heavy atom. The lowest BCUT2D eigenvalue weighted by Gasteiger charge is -2.34. The largest absolute Gasteiger partial charge is 0.339 e. The number of sulfonamides is 1. The third-order valence-corrected chi connectivity index (χ3v) is 7.78.